The second-order valence-corrected chi connectivity index (χ2v) is 6.74. The molecule has 0 N–H and O–H groups in total. The fourth-order valence-corrected chi connectivity index (χ4v) is 3.36. The number of benzene rings is 2. The summed E-state index contributed by atoms with van der Waals surface area (Å²) >= 11 is 0. The second kappa shape index (κ2) is 7.99. The summed E-state index contributed by atoms with van der Waals surface area (Å²) in [5.74, 6) is -0.637. The number of para-hydroxylation sites is 1. The molecule has 0 saturated carbocycles. The van der Waals surface area contributed by atoms with Crippen molar-refractivity contribution in [2.24, 2.45) is 5.92 Å². The minimum atomic E-state index is -0.450. The molecule has 1 aliphatic heterocycles. The molecule has 0 spiro atoms. The number of hydrogen-bond donors (Lipinski definition) is 0. The van der Waals surface area contributed by atoms with Crippen LogP contribution in [0.2, 0.25) is 0 Å². The van der Waals surface area contributed by atoms with Crippen LogP contribution in [0.15, 0.2) is 54.6 Å². The molecule has 2 aromatic carbocycles. The lowest BCUT2D eigenvalue weighted by Gasteiger charge is -2.21. The average Bonchev–Trinajstić information content (AvgIpc) is 3.02. The number of nitro benzene ring substituents is 1. The van der Waals surface area contributed by atoms with E-state index in [1.54, 1.807) is 30.1 Å². The van der Waals surface area contributed by atoms with E-state index < -0.39 is 10.8 Å². The van der Waals surface area contributed by atoms with Crippen LogP contribution in [-0.2, 0) is 22.7 Å². The van der Waals surface area contributed by atoms with Gasteiger partial charge in [-0.2, -0.15) is 0 Å². The zero-order chi connectivity index (χ0) is 19.4. The summed E-state index contributed by atoms with van der Waals surface area (Å²) in [6, 6.07) is 16.0. The molecule has 140 valence electrons. The molecule has 0 radical (unpaired) electrons. The average molecular weight is 367 g/mol. The quantitative estimate of drug-likeness (QED) is 0.580. The largest absolute Gasteiger partial charge is 0.341 e. The number of amides is 2. The van der Waals surface area contributed by atoms with E-state index in [1.165, 1.54) is 11.0 Å². The summed E-state index contributed by atoms with van der Waals surface area (Å²) in [7, 11) is 1.61. The third-order valence-electron chi connectivity index (χ3n) is 4.75. The zero-order valence-electron chi connectivity index (χ0n) is 15.1. The molecule has 0 bridgehead atoms. The van der Waals surface area contributed by atoms with E-state index in [1.807, 2.05) is 30.3 Å². The van der Waals surface area contributed by atoms with Gasteiger partial charge in [0.2, 0.25) is 11.8 Å². The van der Waals surface area contributed by atoms with Crippen molar-refractivity contribution in [3.63, 3.8) is 0 Å². The Kier molecular flexibility index (Phi) is 5.49. The van der Waals surface area contributed by atoms with E-state index in [-0.39, 0.29) is 30.5 Å². The third kappa shape index (κ3) is 4.31. The van der Waals surface area contributed by atoms with Crippen LogP contribution in [0.1, 0.15) is 17.5 Å². The molecule has 7 nitrogen and oxygen atoms in total. The minimum Gasteiger partial charge on any atom is -0.341 e. The highest BCUT2D eigenvalue weighted by Gasteiger charge is 2.35. The first-order valence-electron chi connectivity index (χ1n) is 8.74. The first kappa shape index (κ1) is 18.6. The maximum absolute atomic E-state index is 12.8. The Balaban J connectivity index is 1.64. The van der Waals surface area contributed by atoms with Crippen LogP contribution in [0.5, 0.6) is 0 Å². The normalized spacial score (nSPS) is 16.4. The number of nitro groups is 1. The van der Waals surface area contributed by atoms with Crippen molar-refractivity contribution in [2.75, 3.05) is 13.6 Å². The molecule has 2 amide bonds. The van der Waals surface area contributed by atoms with Crippen LogP contribution in [0.4, 0.5) is 5.69 Å². The minimum absolute atomic E-state index is 0.00893. The van der Waals surface area contributed by atoms with E-state index in [2.05, 4.69) is 0 Å². The Bertz CT molecular complexity index is 853. The summed E-state index contributed by atoms with van der Waals surface area (Å²) < 4.78 is 0. The molecule has 0 aromatic heterocycles. The molecule has 3 rings (SSSR count). The molecule has 27 heavy (non-hydrogen) atoms. The SMILES string of the molecule is CN(Cc1ccccc1[N+](=O)[O-])C(=O)C1CC(=O)N(Cc2ccccc2)C1. The van der Waals surface area contributed by atoms with E-state index in [0.717, 1.165) is 5.56 Å². The van der Waals surface area contributed by atoms with E-state index in [4.69, 9.17) is 0 Å². The van der Waals surface area contributed by atoms with Gasteiger partial charge in [0.25, 0.3) is 5.69 Å². The number of carbonyl (C=O) groups is 2. The van der Waals surface area contributed by atoms with Crippen molar-refractivity contribution in [3.8, 4) is 0 Å². The summed E-state index contributed by atoms with van der Waals surface area (Å²) in [6.45, 7) is 0.991. The number of hydrogen-bond acceptors (Lipinski definition) is 4. The van der Waals surface area contributed by atoms with Crippen molar-refractivity contribution < 1.29 is 14.5 Å². The van der Waals surface area contributed by atoms with Gasteiger partial charge in [0.05, 0.1) is 17.4 Å². The van der Waals surface area contributed by atoms with Crippen LogP contribution in [0, 0.1) is 16.0 Å². The van der Waals surface area contributed by atoms with Gasteiger partial charge in [-0.3, -0.25) is 19.7 Å². The van der Waals surface area contributed by atoms with Gasteiger partial charge in [-0.1, -0.05) is 48.5 Å². The van der Waals surface area contributed by atoms with Crippen molar-refractivity contribution in [1.82, 2.24) is 9.80 Å². The predicted octanol–water partition coefficient (Wildman–Crippen LogP) is 2.60. The Hall–Kier alpha value is -3.22. The van der Waals surface area contributed by atoms with Crippen LogP contribution < -0.4 is 0 Å². The molecule has 1 aliphatic rings. The molecule has 1 unspecified atom stereocenters. The topological polar surface area (TPSA) is 83.8 Å². The summed E-state index contributed by atoms with van der Waals surface area (Å²) in [5, 5.41) is 11.1. The van der Waals surface area contributed by atoms with Gasteiger partial charge < -0.3 is 9.80 Å². The highest BCUT2D eigenvalue weighted by molar-refractivity contribution is 5.89. The van der Waals surface area contributed by atoms with Gasteiger partial charge in [0.15, 0.2) is 0 Å². The fraction of sp³-hybridized carbons (Fsp3) is 0.300. The molecule has 2 aromatic rings. The summed E-state index contributed by atoms with van der Waals surface area (Å²) in [6.07, 6.45) is 0.174. The lowest BCUT2D eigenvalue weighted by atomic mass is 10.1. The molecule has 0 aliphatic carbocycles. The van der Waals surface area contributed by atoms with Crippen LogP contribution in [0.25, 0.3) is 0 Å². The van der Waals surface area contributed by atoms with Crippen LogP contribution in [0.3, 0.4) is 0 Å². The maximum atomic E-state index is 12.8. The molecule has 1 saturated heterocycles. The predicted molar refractivity (Wildman–Crippen MR) is 99.5 cm³/mol. The van der Waals surface area contributed by atoms with Crippen molar-refractivity contribution in [1.29, 1.82) is 0 Å². The Labute approximate surface area is 157 Å². The Morgan fingerprint density at radius 3 is 2.56 bits per heavy atom. The lowest BCUT2D eigenvalue weighted by molar-refractivity contribution is -0.385. The van der Waals surface area contributed by atoms with Gasteiger partial charge in [-0.25, -0.2) is 0 Å². The lowest BCUT2D eigenvalue weighted by Crippen LogP contribution is -2.34. The smallest absolute Gasteiger partial charge is 0.274 e. The molecule has 1 heterocycles. The summed E-state index contributed by atoms with van der Waals surface area (Å²) in [4.78, 5) is 38.9. The van der Waals surface area contributed by atoms with E-state index in [9.17, 15) is 19.7 Å². The van der Waals surface area contributed by atoms with E-state index >= 15 is 0 Å². The number of nitrogens with zero attached hydrogens (tertiary/aromatic N) is 3. The number of carbonyl (C=O) groups excluding carboxylic acids is 2. The highest BCUT2D eigenvalue weighted by atomic mass is 16.6. The molecular formula is C20H21N3O4. The van der Waals surface area contributed by atoms with Gasteiger partial charge in [-0.15, -0.1) is 0 Å². The third-order valence-corrected chi connectivity index (χ3v) is 4.75. The Morgan fingerprint density at radius 2 is 1.85 bits per heavy atom. The highest BCUT2D eigenvalue weighted by Crippen LogP contribution is 2.24. The van der Waals surface area contributed by atoms with Gasteiger partial charge in [0, 0.05) is 38.2 Å². The monoisotopic (exact) mass is 367 g/mol. The van der Waals surface area contributed by atoms with Gasteiger partial charge >= 0.3 is 0 Å². The number of likely N-dealkylation sites (tertiary alicyclic amines) is 1. The summed E-state index contributed by atoms with van der Waals surface area (Å²) in [5.41, 5.74) is 1.49. The van der Waals surface area contributed by atoms with E-state index in [0.29, 0.717) is 18.7 Å². The van der Waals surface area contributed by atoms with Crippen LogP contribution >= 0.6 is 0 Å². The fourth-order valence-electron chi connectivity index (χ4n) is 3.36. The second-order valence-electron chi connectivity index (χ2n) is 6.74. The van der Waals surface area contributed by atoms with Crippen molar-refractivity contribution >= 4 is 17.5 Å². The zero-order valence-corrected chi connectivity index (χ0v) is 15.1. The van der Waals surface area contributed by atoms with Crippen molar-refractivity contribution in [2.45, 2.75) is 19.5 Å². The standard InChI is InChI=1S/C20H21N3O4/c1-21(13-16-9-5-6-10-18(16)23(26)27)20(25)17-11-19(24)22(14-17)12-15-7-3-2-4-8-15/h2-10,17H,11-14H2,1H3. The first-order chi connectivity index (χ1) is 13.0. The van der Waals surface area contributed by atoms with Crippen molar-refractivity contribution in [3.05, 3.63) is 75.8 Å². The first-order valence-corrected chi connectivity index (χ1v) is 8.74. The maximum Gasteiger partial charge on any atom is 0.274 e. The van der Waals surface area contributed by atoms with Gasteiger partial charge in [0.1, 0.15) is 0 Å². The molecule has 1 fully saturated rings. The molecular weight excluding hydrogens is 346 g/mol. The van der Waals surface area contributed by atoms with Gasteiger partial charge in [-0.05, 0) is 5.56 Å². The molecule has 1 atom stereocenters. The Morgan fingerprint density at radius 1 is 1.19 bits per heavy atom. The molecule has 7 heteroatoms. The number of rotatable bonds is 6. The van der Waals surface area contributed by atoms with Crippen LogP contribution in [-0.4, -0.2) is 40.1 Å².